The Labute approximate surface area is 312 Å². The summed E-state index contributed by atoms with van der Waals surface area (Å²) in [4.78, 5) is 67.1. The Bertz CT molecular complexity index is 1830. The third kappa shape index (κ3) is 6.87. The Hall–Kier alpha value is -2.29. The molecule has 3 N–H and O–H groups in total. The van der Waals surface area contributed by atoms with Crippen molar-refractivity contribution in [1.82, 2.24) is 14.8 Å². The fourth-order valence-electron chi connectivity index (χ4n) is 6.15. The van der Waals surface area contributed by atoms with Gasteiger partial charge in [-0.1, -0.05) is 35.1 Å². The number of fused-ring (bicyclic) bond motifs is 2. The van der Waals surface area contributed by atoms with Gasteiger partial charge in [-0.05, 0) is 30.9 Å². The standard InChI is InChI=1S/C29H29ClF3N5O8S2.Na/c1-45-29(35-18(39)11-48-28(32)33)26(44)38-20(24(41)42)12(9-46-27(29)38)10-47-25(43)16-8-37(14-2-3-14)21-15(23(16)40)6-17(31)22(19(21)30)36-5-4-13(34)7-36;/h6,8,13-14,27-28H,2-5,7,9-11,34H2,1H3,(H,35,39)(H,41,42);/q;+1/p-1/t13?,27-,29-;/m1./s1. The molecule has 1 aromatic carbocycles. The van der Waals surface area contributed by atoms with Gasteiger partial charge in [0.05, 0.1) is 51.2 Å². The summed E-state index contributed by atoms with van der Waals surface area (Å²) in [5.41, 5.74) is 2.56. The molecule has 1 unspecified atom stereocenters. The number of ether oxygens (including phenoxy) is 2. The van der Waals surface area contributed by atoms with Crippen LogP contribution >= 0.6 is 35.1 Å². The number of nitrogens with one attached hydrogen (secondary N) is 1. The number of nitrogens with two attached hydrogens (primary N) is 1. The van der Waals surface area contributed by atoms with Crippen LogP contribution < -0.4 is 56.0 Å². The Morgan fingerprint density at radius 2 is 1.98 bits per heavy atom. The van der Waals surface area contributed by atoms with Crippen LogP contribution in [0.3, 0.4) is 0 Å². The predicted octanol–water partition coefficient (Wildman–Crippen LogP) is -1.84. The van der Waals surface area contributed by atoms with Crippen LogP contribution in [0.15, 0.2) is 28.3 Å². The zero-order valence-corrected chi connectivity index (χ0v) is 30.5. The molecule has 6 rings (SSSR count). The van der Waals surface area contributed by atoms with Crippen molar-refractivity contribution in [3.63, 3.8) is 0 Å². The van der Waals surface area contributed by atoms with Crippen molar-refractivity contribution in [2.45, 2.75) is 49.1 Å². The average Bonchev–Trinajstić information content (AvgIpc) is 3.81. The van der Waals surface area contributed by atoms with Crippen LogP contribution in [-0.2, 0) is 23.9 Å². The van der Waals surface area contributed by atoms with Crippen LogP contribution in [0.1, 0.15) is 35.7 Å². The molecule has 2 saturated heterocycles. The van der Waals surface area contributed by atoms with Crippen molar-refractivity contribution in [3.05, 3.63) is 50.2 Å². The van der Waals surface area contributed by atoms with Gasteiger partial charge in [0, 0.05) is 44.2 Å². The second-order valence-corrected chi connectivity index (χ2v) is 13.9. The van der Waals surface area contributed by atoms with E-state index in [1.807, 2.05) is 0 Å². The van der Waals surface area contributed by atoms with E-state index in [0.29, 0.717) is 41.7 Å². The van der Waals surface area contributed by atoms with Gasteiger partial charge in [-0.25, -0.2) is 4.39 Å². The Balaban J connectivity index is 0.00000468. The number of aliphatic carboxylic acids is 1. The van der Waals surface area contributed by atoms with E-state index in [-0.39, 0.29) is 86.4 Å². The zero-order valence-electron chi connectivity index (χ0n) is 26.1. The molecule has 4 heterocycles. The number of hydrogen-bond acceptors (Lipinski definition) is 12. The molecule has 4 aliphatic rings. The molecule has 2 amide bonds. The first-order chi connectivity index (χ1) is 22.8. The van der Waals surface area contributed by atoms with Gasteiger partial charge in [0.25, 0.3) is 17.4 Å². The summed E-state index contributed by atoms with van der Waals surface area (Å²) in [6, 6.07) is 0.834. The molecule has 49 heavy (non-hydrogen) atoms. The minimum atomic E-state index is -2.85. The first-order valence-corrected chi connectivity index (χ1v) is 17.1. The zero-order chi connectivity index (χ0) is 34.7. The molecule has 258 valence electrons. The first kappa shape index (κ1) is 38.0. The molecule has 2 aromatic rings. The maximum absolute atomic E-state index is 15.5. The molecule has 3 atom stereocenters. The third-order valence-electron chi connectivity index (χ3n) is 8.55. The number of rotatable bonds is 11. The number of carbonyl (C=O) groups excluding carboxylic acids is 4. The maximum Gasteiger partial charge on any atom is 1.00 e. The number of nitrogens with zero attached hydrogens (tertiary/aromatic N) is 3. The van der Waals surface area contributed by atoms with E-state index in [4.69, 9.17) is 26.8 Å². The van der Waals surface area contributed by atoms with Gasteiger partial charge in [0.2, 0.25) is 16.5 Å². The molecule has 3 aliphatic heterocycles. The van der Waals surface area contributed by atoms with Crippen molar-refractivity contribution in [2.24, 2.45) is 5.73 Å². The van der Waals surface area contributed by atoms with E-state index in [2.05, 4.69) is 5.32 Å². The minimum Gasteiger partial charge on any atom is -0.543 e. The van der Waals surface area contributed by atoms with Crippen LogP contribution in [0.25, 0.3) is 10.9 Å². The molecular formula is C29H28ClF3N5NaO8S2. The number of alkyl halides is 2. The fourth-order valence-corrected chi connectivity index (χ4v) is 7.74. The Kier molecular flexibility index (Phi) is 11.4. The molecular weight excluding hydrogens is 726 g/mol. The molecule has 0 bridgehead atoms. The number of benzene rings is 1. The molecule has 0 radical (unpaired) electrons. The number of halogens is 4. The number of thioether (sulfide) groups is 2. The number of methoxy groups -OCH3 is 1. The number of amides is 2. The Morgan fingerprint density at radius 1 is 1.27 bits per heavy atom. The van der Waals surface area contributed by atoms with E-state index < -0.39 is 69.9 Å². The number of carboxylic acids is 1. The first-order valence-electron chi connectivity index (χ1n) is 14.7. The quantitative estimate of drug-likeness (QED) is 0.149. The van der Waals surface area contributed by atoms with Crippen molar-refractivity contribution in [2.75, 3.05) is 43.2 Å². The summed E-state index contributed by atoms with van der Waals surface area (Å²) in [6.45, 7) is 0.434. The maximum atomic E-state index is 15.5. The molecule has 1 aromatic heterocycles. The smallest absolute Gasteiger partial charge is 0.543 e. The van der Waals surface area contributed by atoms with E-state index in [9.17, 15) is 37.9 Å². The molecule has 13 nitrogen and oxygen atoms in total. The van der Waals surface area contributed by atoms with Gasteiger partial charge in [0.15, 0.2) is 6.23 Å². The van der Waals surface area contributed by atoms with Gasteiger partial charge >= 0.3 is 29.6 Å². The largest absolute Gasteiger partial charge is 1.00 e. The van der Waals surface area contributed by atoms with Gasteiger partial charge in [-0.15, -0.1) is 0 Å². The SMILES string of the molecule is CO[C@]1(NC(=O)CSC(F)F)C(=O)N2C(C(=O)[O-])=C(CSC(=O)c3cn(C4CC4)c4c(Cl)c(N5CCC(N)C5)c(F)cc4c3=O)CO[C@@H]21.[Na+]. The fraction of sp³-hybridized carbons (Fsp3) is 0.483. The Morgan fingerprint density at radius 3 is 2.57 bits per heavy atom. The number of carbonyl (C=O) groups is 4. The van der Waals surface area contributed by atoms with Crippen molar-refractivity contribution >= 4 is 74.6 Å². The van der Waals surface area contributed by atoms with Crippen LogP contribution in [0.5, 0.6) is 0 Å². The predicted molar refractivity (Wildman–Crippen MR) is 168 cm³/mol. The number of aromatic nitrogens is 1. The molecule has 1 saturated carbocycles. The monoisotopic (exact) mass is 753 g/mol. The second kappa shape index (κ2) is 14.7. The summed E-state index contributed by atoms with van der Waals surface area (Å²) in [6.07, 6.45) is 2.04. The van der Waals surface area contributed by atoms with Crippen LogP contribution in [0, 0.1) is 5.82 Å². The van der Waals surface area contributed by atoms with Crippen LogP contribution in [-0.4, -0.2) is 94.4 Å². The number of carboxylic acid groups (broad SMARTS) is 1. The summed E-state index contributed by atoms with van der Waals surface area (Å²) < 4.78 is 53.1. The van der Waals surface area contributed by atoms with Gasteiger partial charge in [0.1, 0.15) is 5.82 Å². The number of pyridine rings is 1. The second-order valence-electron chi connectivity index (χ2n) is 11.6. The summed E-state index contributed by atoms with van der Waals surface area (Å²) in [5, 5.41) is 13.6. The number of β-lactam (4-membered cyclic amide) rings is 1. The van der Waals surface area contributed by atoms with Crippen molar-refractivity contribution < 1.29 is 76.5 Å². The van der Waals surface area contributed by atoms with Gasteiger partial charge < -0.3 is 39.9 Å². The topological polar surface area (TPSA) is 176 Å². The molecule has 3 fully saturated rings. The summed E-state index contributed by atoms with van der Waals surface area (Å²) >= 11 is 7.32. The van der Waals surface area contributed by atoms with Crippen LogP contribution in [0.4, 0.5) is 18.9 Å². The molecule has 0 spiro atoms. The summed E-state index contributed by atoms with van der Waals surface area (Å²) in [5.74, 6) is -8.46. The van der Waals surface area contributed by atoms with E-state index in [0.717, 1.165) is 26.0 Å². The normalized spacial score (nSPS) is 23.4. The molecule has 20 heteroatoms. The van der Waals surface area contributed by atoms with Crippen molar-refractivity contribution in [3.8, 4) is 0 Å². The number of hydrogen-bond donors (Lipinski definition) is 2. The summed E-state index contributed by atoms with van der Waals surface area (Å²) in [7, 11) is 1.05. The van der Waals surface area contributed by atoms with Crippen LogP contribution in [0.2, 0.25) is 5.02 Å². The van der Waals surface area contributed by atoms with Gasteiger partial charge in [-0.2, -0.15) is 8.78 Å². The van der Waals surface area contributed by atoms with Crippen molar-refractivity contribution in [1.29, 1.82) is 0 Å². The van der Waals surface area contributed by atoms with Gasteiger partial charge in [-0.3, -0.25) is 24.1 Å². The minimum absolute atomic E-state index is 0. The average molecular weight is 754 g/mol. The van der Waals surface area contributed by atoms with E-state index >= 15 is 4.39 Å². The molecule has 1 aliphatic carbocycles. The third-order valence-corrected chi connectivity index (χ3v) is 10.6. The number of anilines is 1. The van der Waals surface area contributed by atoms with E-state index in [1.165, 1.54) is 6.20 Å². The van der Waals surface area contributed by atoms with E-state index in [1.54, 1.807) is 9.47 Å².